The first kappa shape index (κ1) is 10.3. The first-order valence-corrected chi connectivity index (χ1v) is 2.70. The molecule has 6 heteroatoms. The summed E-state index contributed by atoms with van der Waals surface area (Å²) in [4.78, 5) is 9.75. The van der Waals surface area contributed by atoms with Crippen LogP contribution in [0.25, 0.3) is 0 Å². The van der Waals surface area contributed by atoms with Crippen LogP contribution in [0.15, 0.2) is 0 Å². The molecule has 0 saturated carbocycles. The van der Waals surface area contributed by atoms with Crippen LogP contribution in [0.1, 0.15) is 1.43 Å². The molecular weight excluding hydrogens is 145 g/mol. The fraction of sp³-hybridized carbons (Fsp3) is 0.750. The summed E-state index contributed by atoms with van der Waals surface area (Å²) in [6.45, 7) is 1.73. The third-order valence-electron chi connectivity index (χ3n) is 1.02. The summed E-state index contributed by atoms with van der Waals surface area (Å²) in [5.41, 5.74) is 0. The van der Waals surface area contributed by atoms with Gasteiger partial charge in [-0.05, 0) is 0 Å². The van der Waals surface area contributed by atoms with Crippen LogP contribution in [0, 0.1) is 0 Å². The normalized spacial score (nSPS) is 19.2. The molecule has 5 nitrogen and oxygen atoms in total. The van der Waals surface area contributed by atoms with E-state index in [2.05, 4.69) is 20.7 Å². The van der Waals surface area contributed by atoms with E-state index in [1.807, 2.05) is 0 Å². The molecule has 0 atom stereocenters. The Kier molecular flexibility index (Phi) is 6.30. The van der Waals surface area contributed by atoms with E-state index in [0.29, 0.717) is 19.8 Å². The van der Waals surface area contributed by atoms with Gasteiger partial charge in [0.05, 0.1) is 13.3 Å². The van der Waals surface area contributed by atoms with Crippen molar-refractivity contribution in [2.24, 2.45) is 0 Å². The Labute approximate surface area is 82.7 Å². The molecule has 1 fully saturated rings. The van der Waals surface area contributed by atoms with Crippen molar-refractivity contribution in [1.82, 2.24) is 16.0 Å². The summed E-state index contributed by atoms with van der Waals surface area (Å²) < 4.78 is 4.54. The third kappa shape index (κ3) is 3.50. The molecule has 1 aliphatic heterocycles. The van der Waals surface area contributed by atoms with Crippen LogP contribution in [0.2, 0.25) is 0 Å². The summed E-state index contributed by atoms with van der Waals surface area (Å²) in [5, 5.41) is 8.64. The molecule has 54 valence electrons. The molecule has 1 rings (SSSR count). The molecule has 1 heterocycles. The van der Waals surface area contributed by atoms with Gasteiger partial charge in [0.25, 0.3) is 6.47 Å². The monoisotopic (exact) mass is 155 g/mol. The zero-order chi connectivity index (χ0) is 6.53. The van der Waals surface area contributed by atoms with E-state index >= 15 is 0 Å². The number of carbonyl (C=O) groups is 1. The summed E-state index contributed by atoms with van der Waals surface area (Å²) in [7, 11) is 0. The fourth-order valence-corrected chi connectivity index (χ4v) is 0.616. The quantitative estimate of drug-likeness (QED) is 0.276. The van der Waals surface area contributed by atoms with Gasteiger partial charge in [0, 0.05) is 0 Å². The van der Waals surface area contributed by atoms with Gasteiger partial charge in [0.2, 0.25) is 6.35 Å². The smallest absolute Gasteiger partial charge is 1.00 e. The van der Waals surface area contributed by atoms with Gasteiger partial charge in [-0.15, -0.1) is 0 Å². The number of ether oxygens (including phenoxy) is 1. The Morgan fingerprint density at radius 1 is 1.50 bits per heavy atom. The SMILES string of the molecule is O=COC1NCNCN1.[H-].[Na+]. The second kappa shape index (κ2) is 6.09. The molecule has 0 aromatic rings. The average molecular weight is 155 g/mol. The van der Waals surface area contributed by atoms with Gasteiger partial charge in [-0.2, -0.15) is 0 Å². The van der Waals surface area contributed by atoms with Gasteiger partial charge in [0.1, 0.15) is 0 Å². The molecule has 0 spiro atoms. The molecule has 0 amide bonds. The molecule has 1 aliphatic rings. The second-order valence-electron chi connectivity index (χ2n) is 1.62. The van der Waals surface area contributed by atoms with Crippen LogP contribution in [0.5, 0.6) is 0 Å². The second-order valence-corrected chi connectivity index (χ2v) is 1.62. The largest absolute Gasteiger partial charge is 1.00 e. The maximum Gasteiger partial charge on any atom is 1.00 e. The topological polar surface area (TPSA) is 62.4 Å². The van der Waals surface area contributed by atoms with Crippen LogP contribution in [0.4, 0.5) is 0 Å². The van der Waals surface area contributed by atoms with E-state index < -0.39 is 0 Å². The minimum Gasteiger partial charge on any atom is -1.00 e. The van der Waals surface area contributed by atoms with E-state index in [9.17, 15) is 4.79 Å². The first-order valence-electron chi connectivity index (χ1n) is 2.70. The van der Waals surface area contributed by atoms with Crippen LogP contribution < -0.4 is 45.5 Å². The number of hydrogen-bond donors (Lipinski definition) is 3. The predicted octanol–water partition coefficient (Wildman–Crippen LogP) is -4.74. The molecule has 0 aliphatic carbocycles. The molecular formula is C4H10N3NaO2. The van der Waals surface area contributed by atoms with Gasteiger partial charge in [-0.1, -0.05) is 0 Å². The van der Waals surface area contributed by atoms with Crippen molar-refractivity contribution in [3.63, 3.8) is 0 Å². The third-order valence-corrected chi connectivity index (χ3v) is 1.02. The maximum absolute atomic E-state index is 9.75. The molecule has 0 bridgehead atoms. The summed E-state index contributed by atoms with van der Waals surface area (Å²) in [6.07, 6.45) is -0.330. The van der Waals surface area contributed by atoms with Gasteiger partial charge in [-0.25, -0.2) is 0 Å². The summed E-state index contributed by atoms with van der Waals surface area (Å²) in [5.74, 6) is 0. The van der Waals surface area contributed by atoms with Crippen molar-refractivity contribution >= 4 is 6.47 Å². The van der Waals surface area contributed by atoms with Gasteiger partial charge < -0.3 is 6.16 Å². The van der Waals surface area contributed by atoms with E-state index in [1.165, 1.54) is 0 Å². The van der Waals surface area contributed by atoms with Gasteiger partial charge in [-0.3, -0.25) is 20.7 Å². The van der Waals surface area contributed by atoms with Gasteiger partial charge >= 0.3 is 29.6 Å². The molecule has 10 heavy (non-hydrogen) atoms. The van der Waals surface area contributed by atoms with Crippen LogP contribution in [0.3, 0.4) is 0 Å². The van der Waals surface area contributed by atoms with E-state index in [1.54, 1.807) is 0 Å². The van der Waals surface area contributed by atoms with Crippen LogP contribution in [-0.4, -0.2) is 26.2 Å². The number of carbonyl (C=O) groups excluding carboxylic acids is 1. The average Bonchev–Trinajstić information content (AvgIpc) is 1.91. The Hall–Kier alpha value is 0.350. The van der Waals surface area contributed by atoms with E-state index in [-0.39, 0.29) is 37.3 Å². The molecule has 1 saturated heterocycles. The van der Waals surface area contributed by atoms with Crippen molar-refractivity contribution in [2.75, 3.05) is 13.3 Å². The van der Waals surface area contributed by atoms with Crippen molar-refractivity contribution in [2.45, 2.75) is 6.35 Å². The molecule has 0 unspecified atom stereocenters. The van der Waals surface area contributed by atoms with Crippen LogP contribution >= 0.6 is 0 Å². The Morgan fingerprint density at radius 2 is 2.10 bits per heavy atom. The van der Waals surface area contributed by atoms with Crippen molar-refractivity contribution in [3.8, 4) is 0 Å². The summed E-state index contributed by atoms with van der Waals surface area (Å²) in [6, 6.07) is 0. The van der Waals surface area contributed by atoms with Crippen LogP contribution in [-0.2, 0) is 9.53 Å². The molecule has 0 radical (unpaired) electrons. The Morgan fingerprint density at radius 3 is 2.60 bits per heavy atom. The van der Waals surface area contributed by atoms with E-state index in [0.717, 1.165) is 0 Å². The number of hydrogen-bond acceptors (Lipinski definition) is 5. The summed E-state index contributed by atoms with van der Waals surface area (Å²) >= 11 is 0. The maximum atomic E-state index is 9.75. The van der Waals surface area contributed by atoms with Crippen molar-refractivity contribution in [1.29, 1.82) is 0 Å². The fourth-order valence-electron chi connectivity index (χ4n) is 0.616. The van der Waals surface area contributed by atoms with Crippen molar-refractivity contribution < 1.29 is 40.5 Å². The number of rotatable bonds is 2. The predicted molar refractivity (Wildman–Crippen MR) is 31.2 cm³/mol. The number of nitrogens with one attached hydrogen (secondary N) is 3. The first-order chi connectivity index (χ1) is 4.43. The molecule has 0 aromatic heterocycles. The Balaban J connectivity index is 0. The molecule has 0 aromatic carbocycles. The minimum atomic E-state index is -0.330. The standard InChI is InChI=1S/C4H9N3O2.Na.H/c8-3-9-4-6-1-5-2-7-4;;/h3-7H,1-2H2;;/q;+1;-1. The zero-order valence-corrected chi connectivity index (χ0v) is 7.89. The molecule has 3 N–H and O–H groups in total. The Bertz CT molecular complexity index is 101. The van der Waals surface area contributed by atoms with E-state index in [4.69, 9.17) is 0 Å². The van der Waals surface area contributed by atoms with Crippen molar-refractivity contribution in [3.05, 3.63) is 0 Å². The van der Waals surface area contributed by atoms with Gasteiger partial charge in [0.15, 0.2) is 0 Å². The zero-order valence-electron chi connectivity index (χ0n) is 6.89. The minimum absolute atomic E-state index is 0.